The topological polar surface area (TPSA) is 51.2 Å². The van der Waals surface area contributed by atoms with Crippen molar-refractivity contribution in [2.75, 3.05) is 18.5 Å². The molecule has 0 fully saturated rings. The van der Waals surface area contributed by atoms with Gasteiger partial charge in [0.2, 0.25) is 0 Å². The van der Waals surface area contributed by atoms with Gasteiger partial charge in [0, 0.05) is 6.54 Å². The van der Waals surface area contributed by atoms with Crippen LogP contribution in [-0.2, 0) is 11.2 Å². The normalized spacial score (nSPS) is 13.9. The second-order valence-electron chi connectivity index (χ2n) is 3.87. The number of pyridine rings is 1. The molecule has 86 valence electrons. The molecule has 0 radical (unpaired) electrons. The summed E-state index contributed by atoms with van der Waals surface area (Å²) in [6, 6.07) is 1.86. The molecule has 0 aliphatic carbocycles. The maximum atomic E-state index is 11.7. The summed E-state index contributed by atoms with van der Waals surface area (Å²) >= 11 is 0. The Balaban J connectivity index is 2.35. The SMILES string of the molecule is CCOC(=O)c1cc2c(nc1C)CCCN2. The Bertz CT molecular complexity index is 416. The van der Waals surface area contributed by atoms with E-state index in [1.54, 1.807) is 6.92 Å². The summed E-state index contributed by atoms with van der Waals surface area (Å²) in [7, 11) is 0. The molecular weight excluding hydrogens is 204 g/mol. The van der Waals surface area contributed by atoms with E-state index in [1.807, 2.05) is 13.0 Å². The highest BCUT2D eigenvalue weighted by Crippen LogP contribution is 2.23. The molecule has 1 aliphatic heterocycles. The van der Waals surface area contributed by atoms with Gasteiger partial charge in [-0.3, -0.25) is 4.98 Å². The van der Waals surface area contributed by atoms with Gasteiger partial charge in [0.05, 0.1) is 29.2 Å². The Hall–Kier alpha value is -1.58. The Morgan fingerprint density at radius 1 is 1.62 bits per heavy atom. The van der Waals surface area contributed by atoms with Crippen molar-refractivity contribution in [3.05, 3.63) is 23.0 Å². The molecule has 1 aliphatic rings. The molecule has 0 unspecified atom stereocenters. The molecule has 0 saturated heterocycles. The second kappa shape index (κ2) is 4.51. The van der Waals surface area contributed by atoms with E-state index >= 15 is 0 Å². The molecule has 1 aromatic rings. The molecule has 0 aromatic carbocycles. The number of esters is 1. The Labute approximate surface area is 95.0 Å². The van der Waals surface area contributed by atoms with Crippen LogP contribution in [0.1, 0.15) is 35.1 Å². The predicted molar refractivity (Wildman–Crippen MR) is 61.7 cm³/mol. The van der Waals surface area contributed by atoms with Gasteiger partial charge < -0.3 is 10.1 Å². The molecule has 0 bridgehead atoms. The minimum absolute atomic E-state index is 0.289. The summed E-state index contributed by atoms with van der Waals surface area (Å²) < 4.78 is 4.99. The van der Waals surface area contributed by atoms with Crippen molar-refractivity contribution in [2.45, 2.75) is 26.7 Å². The Morgan fingerprint density at radius 2 is 2.44 bits per heavy atom. The number of hydrogen-bond acceptors (Lipinski definition) is 4. The van der Waals surface area contributed by atoms with Crippen LogP contribution in [0.3, 0.4) is 0 Å². The van der Waals surface area contributed by atoms with E-state index in [-0.39, 0.29) is 5.97 Å². The summed E-state index contributed by atoms with van der Waals surface area (Å²) in [5.41, 5.74) is 3.34. The van der Waals surface area contributed by atoms with E-state index in [1.165, 1.54) is 0 Å². The summed E-state index contributed by atoms with van der Waals surface area (Å²) in [4.78, 5) is 16.1. The van der Waals surface area contributed by atoms with E-state index in [9.17, 15) is 4.79 Å². The fraction of sp³-hybridized carbons (Fsp3) is 0.500. The number of ether oxygens (including phenoxy) is 1. The summed E-state index contributed by atoms with van der Waals surface area (Å²) in [5, 5.41) is 3.26. The van der Waals surface area contributed by atoms with Crippen molar-refractivity contribution >= 4 is 11.7 Å². The van der Waals surface area contributed by atoms with Gasteiger partial charge >= 0.3 is 5.97 Å². The lowest BCUT2D eigenvalue weighted by atomic mass is 10.1. The highest BCUT2D eigenvalue weighted by atomic mass is 16.5. The van der Waals surface area contributed by atoms with Crippen LogP contribution in [-0.4, -0.2) is 24.1 Å². The number of nitrogens with one attached hydrogen (secondary N) is 1. The van der Waals surface area contributed by atoms with E-state index in [4.69, 9.17) is 4.74 Å². The fourth-order valence-corrected chi connectivity index (χ4v) is 1.89. The van der Waals surface area contributed by atoms with Crippen molar-refractivity contribution in [2.24, 2.45) is 0 Å². The zero-order chi connectivity index (χ0) is 11.5. The summed E-state index contributed by atoms with van der Waals surface area (Å²) in [6.45, 7) is 4.99. The quantitative estimate of drug-likeness (QED) is 0.774. The molecule has 0 atom stereocenters. The van der Waals surface area contributed by atoms with E-state index in [2.05, 4.69) is 10.3 Å². The van der Waals surface area contributed by atoms with Crippen molar-refractivity contribution in [3.63, 3.8) is 0 Å². The highest BCUT2D eigenvalue weighted by Gasteiger charge is 2.17. The Morgan fingerprint density at radius 3 is 3.19 bits per heavy atom. The number of carbonyl (C=O) groups excluding carboxylic acids is 1. The molecule has 0 spiro atoms. The third-order valence-corrected chi connectivity index (χ3v) is 2.69. The number of nitrogens with zero attached hydrogens (tertiary/aromatic N) is 1. The molecule has 2 rings (SSSR count). The van der Waals surface area contributed by atoms with Gasteiger partial charge in [0.1, 0.15) is 0 Å². The summed E-state index contributed by atoms with van der Waals surface area (Å²) in [6.07, 6.45) is 2.07. The van der Waals surface area contributed by atoms with E-state index in [0.717, 1.165) is 36.5 Å². The van der Waals surface area contributed by atoms with Crippen LogP contribution in [0.15, 0.2) is 6.07 Å². The van der Waals surface area contributed by atoms with E-state index in [0.29, 0.717) is 12.2 Å². The smallest absolute Gasteiger partial charge is 0.340 e. The number of fused-ring (bicyclic) bond motifs is 1. The molecule has 1 aromatic heterocycles. The lowest BCUT2D eigenvalue weighted by Crippen LogP contribution is -2.16. The first-order valence-electron chi connectivity index (χ1n) is 5.64. The summed E-state index contributed by atoms with van der Waals surface area (Å²) in [5.74, 6) is -0.289. The number of anilines is 1. The van der Waals surface area contributed by atoms with Gasteiger partial charge in [0.15, 0.2) is 0 Å². The maximum absolute atomic E-state index is 11.7. The zero-order valence-corrected chi connectivity index (χ0v) is 9.67. The van der Waals surface area contributed by atoms with Crippen LogP contribution >= 0.6 is 0 Å². The second-order valence-corrected chi connectivity index (χ2v) is 3.87. The first kappa shape index (κ1) is 10.9. The third-order valence-electron chi connectivity index (χ3n) is 2.69. The fourth-order valence-electron chi connectivity index (χ4n) is 1.89. The number of rotatable bonds is 2. The van der Waals surface area contributed by atoms with Crippen LogP contribution < -0.4 is 5.32 Å². The van der Waals surface area contributed by atoms with Crippen LogP contribution in [0.2, 0.25) is 0 Å². The van der Waals surface area contributed by atoms with Gasteiger partial charge in [-0.1, -0.05) is 0 Å². The first-order chi connectivity index (χ1) is 7.72. The monoisotopic (exact) mass is 220 g/mol. The van der Waals surface area contributed by atoms with Crippen LogP contribution in [0.25, 0.3) is 0 Å². The largest absolute Gasteiger partial charge is 0.462 e. The lowest BCUT2D eigenvalue weighted by Gasteiger charge is -2.18. The number of hydrogen-bond donors (Lipinski definition) is 1. The average molecular weight is 220 g/mol. The van der Waals surface area contributed by atoms with Gasteiger partial charge in [-0.2, -0.15) is 0 Å². The van der Waals surface area contributed by atoms with E-state index < -0.39 is 0 Å². The molecule has 0 amide bonds. The molecule has 0 saturated carbocycles. The molecular formula is C12H16N2O2. The molecule has 4 nitrogen and oxygen atoms in total. The number of aromatic nitrogens is 1. The molecule has 4 heteroatoms. The van der Waals surface area contributed by atoms with Crippen LogP contribution in [0, 0.1) is 6.92 Å². The van der Waals surface area contributed by atoms with Gasteiger partial charge in [-0.15, -0.1) is 0 Å². The van der Waals surface area contributed by atoms with Gasteiger partial charge in [-0.25, -0.2) is 4.79 Å². The van der Waals surface area contributed by atoms with Crippen LogP contribution in [0.5, 0.6) is 0 Å². The van der Waals surface area contributed by atoms with Crippen molar-refractivity contribution in [1.29, 1.82) is 0 Å². The van der Waals surface area contributed by atoms with Crippen LogP contribution in [0.4, 0.5) is 5.69 Å². The molecule has 2 heterocycles. The van der Waals surface area contributed by atoms with Gasteiger partial charge in [0.25, 0.3) is 0 Å². The average Bonchev–Trinajstić information content (AvgIpc) is 2.28. The minimum Gasteiger partial charge on any atom is -0.462 e. The standard InChI is InChI=1S/C12H16N2O2/c1-3-16-12(15)9-7-11-10(14-8(9)2)5-4-6-13-11/h7,13H,3-6H2,1-2H3. The zero-order valence-electron chi connectivity index (χ0n) is 9.67. The van der Waals surface area contributed by atoms with Crippen molar-refractivity contribution in [3.8, 4) is 0 Å². The number of carbonyl (C=O) groups is 1. The van der Waals surface area contributed by atoms with Gasteiger partial charge in [-0.05, 0) is 32.8 Å². The molecule has 16 heavy (non-hydrogen) atoms. The highest BCUT2D eigenvalue weighted by molar-refractivity contribution is 5.91. The third kappa shape index (κ3) is 2.01. The maximum Gasteiger partial charge on any atom is 0.340 e. The minimum atomic E-state index is -0.289. The Kier molecular flexibility index (Phi) is 3.08. The molecule has 1 N–H and O–H groups in total. The van der Waals surface area contributed by atoms with Crippen molar-refractivity contribution < 1.29 is 9.53 Å². The predicted octanol–water partition coefficient (Wildman–Crippen LogP) is 1.92. The number of aryl methyl sites for hydroxylation is 2. The van der Waals surface area contributed by atoms with Crippen molar-refractivity contribution in [1.82, 2.24) is 4.98 Å². The lowest BCUT2D eigenvalue weighted by molar-refractivity contribution is 0.0525. The first-order valence-corrected chi connectivity index (χ1v) is 5.64.